The molecule has 0 aromatic carbocycles. The smallest absolute Gasteiger partial charge is 0.481 e. The van der Waals surface area contributed by atoms with Crippen LogP contribution in [0.25, 0.3) is 0 Å². The zero-order valence-corrected chi connectivity index (χ0v) is 21.1. The van der Waals surface area contributed by atoms with Crippen molar-refractivity contribution in [2.75, 3.05) is 43.9 Å². The van der Waals surface area contributed by atoms with E-state index >= 15 is 0 Å². The number of hydrogen-bond acceptors (Lipinski definition) is 16. The van der Waals surface area contributed by atoms with Crippen LogP contribution in [0.5, 0.6) is 0 Å². The summed E-state index contributed by atoms with van der Waals surface area (Å²) in [4.78, 5) is 56.8. The van der Waals surface area contributed by atoms with Gasteiger partial charge in [0, 0.05) is 19.0 Å². The number of aliphatic hydroxyl groups is 1. The molecule has 0 heterocycles. The SMILES string of the molecule is NCC(=O)O.NCC(O)C(=O)O.NCCC(=O)O.NCOC(=O)O.NCSC(=O)O.NCSCC(=O)O. The van der Waals surface area contributed by atoms with E-state index in [4.69, 9.17) is 58.7 Å². The second-order valence-corrected chi connectivity index (χ2v) is 6.68. The second kappa shape index (κ2) is 40.2. The summed E-state index contributed by atoms with van der Waals surface area (Å²) < 4.78 is 3.74. The minimum absolute atomic E-state index is 0.0694. The Hall–Kier alpha value is -2.96. The molecule has 222 valence electrons. The van der Waals surface area contributed by atoms with E-state index in [1.165, 1.54) is 11.8 Å². The van der Waals surface area contributed by atoms with Gasteiger partial charge in [0.25, 0.3) is 0 Å². The molecule has 37 heavy (non-hydrogen) atoms. The molecule has 0 saturated heterocycles. The number of thioether (sulfide) groups is 2. The maximum atomic E-state index is 9.68. The molecule has 0 aliphatic carbocycles. The van der Waals surface area contributed by atoms with Gasteiger partial charge in [0.2, 0.25) is 0 Å². The van der Waals surface area contributed by atoms with Gasteiger partial charge in [-0.15, -0.1) is 11.8 Å². The summed E-state index contributed by atoms with van der Waals surface area (Å²) in [6, 6.07) is 0. The molecule has 0 aliphatic heterocycles. The maximum absolute atomic E-state index is 9.68. The number of ether oxygens (including phenoxy) is 1. The molecule has 1 atom stereocenters. The highest BCUT2D eigenvalue weighted by molar-refractivity contribution is 8.13. The van der Waals surface area contributed by atoms with E-state index in [-0.39, 0.29) is 44.4 Å². The lowest BCUT2D eigenvalue weighted by atomic mass is 10.4. The lowest BCUT2D eigenvalue weighted by molar-refractivity contribution is -0.146. The van der Waals surface area contributed by atoms with Crippen molar-refractivity contribution < 1.29 is 69.2 Å². The number of hydrogen-bond donors (Lipinski definition) is 13. The third kappa shape index (κ3) is 97.8. The molecule has 0 aromatic heterocycles. The predicted molar refractivity (Wildman–Crippen MR) is 133 cm³/mol. The van der Waals surface area contributed by atoms with E-state index in [0.717, 1.165) is 0 Å². The van der Waals surface area contributed by atoms with Gasteiger partial charge < -0.3 is 69.2 Å². The number of carboxylic acid groups (broad SMARTS) is 6. The van der Waals surface area contributed by atoms with Crippen LogP contribution in [-0.4, -0.2) is 121 Å². The summed E-state index contributed by atoms with van der Waals surface area (Å²) in [5, 5.41) is 54.0. The number of carboxylic acids is 4. The van der Waals surface area contributed by atoms with Gasteiger partial charge >= 0.3 is 35.3 Å². The third-order valence-electron chi connectivity index (χ3n) is 1.80. The summed E-state index contributed by atoms with van der Waals surface area (Å²) in [5.74, 6) is -3.25. The van der Waals surface area contributed by atoms with Crippen molar-refractivity contribution in [3.8, 4) is 0 Å². The van der Waals surface area contributed by atoms with Gasteiger partial charge in [-0.25, -0.2) is 14.4 Å². The largest absolute Gasteiger partial charge is 0.507 e. The standard InChI is InChI=1S/C3H7NO3.C3H7NO2S.C3H7NO2.C2H5NO3.C2H5NO2S.C2H5NO2/c4-1-2(5)3(6)7;4-2-7-1-3(5)6;4-2-1-3(5)6;2*3-1-6-2(4)5;3-1-2(4)5/h2,5H,1,4H2,(H,6,7);1-2,4H2,(H,5,6);1-2,4H2,(H,5,6);2*1,3H2,(H,4,5);1,3H2,(H,4,5). The first kappa shape index (κ1) is 47.3. The molecular formula is C15H36N6O14S2. The van der Waals surface area contributed by atoms with Crippen molar-refractivity contribution in [1.29, 1.82) is 0 Å². The Morgan fingerprint density at radius 3 is 1.22 bits per heavy atom. The van der Waals surface area contributed by atoms with Crippen LogP contribution in [0.4, 0.5) is 9.59 Å². The lowest BCUT2D eigenvalue weighted by Crippen LogP contribution is -2.28. The maximum Gasteiger partial charge on any atom is 0.507 e. The highest BCUT2D eigenvalue weighted by Crippen LogP contribution is 1.93. The average molecular weight is 589 g/mol. The number of rotatable bonds is 10. The fourth-order valence-electron chi connectivity index (χ4n) is 0.513. The molecule has 0 aliphatic rings. The number of aliphatic carboxylic acids is 4. The zero-order chi connectivity index (χ0) is 30.8. The molecule has 0 radical (unpaired) electrons. The van der Waals surface area contributed by atoms with Crippen LogP contribution in [0, 0.1) is 0 Å². The first-order valence-corrected chi connectivity index (χ1v) is 11.2. The van der Waals surface area contributed by atoms with Crippen molar-refractivity contribution in [3.63, 3.8) is 0 Å². The Kier molecular flexibility index (Phi) is 51.4. The van der Waals surface area contributed by atoms with Crippen molar-refractivity contribution in [2.45, 2.75) is 12.5 Å². The van der Waals surface area contributed by atoms with Gasteiger partial charge in [0.15, 0.2) is 6.10 Å². The molecule has 0 amide bonds. The van der Waals surface area contributed by atoms with Crippen LogP contribution in [0.1, 0.15) is 6.42 Å². The quantitative estimate of drug-likeness (QED) is 0.0867. The van der Waals surface area contributed by atoms with E-state index in [1.54, 1.807) is 0 Å². The summed E-state index contributed by atoms with van der Waals surface area (Å²) in [6.07, 6.45) is -2.67. The number of nitrogens with two attached hydrogens (primary N) is 6. The van der Waals surface area contributed by atoms with Crippen LogP contribution in [0.3, 0.4) is 0 Å². The minimum atomic E-state index is -1.40. The zero-order valence-electron chi connectivity index (χ0n) is 19.5. The molecule has 20 nitrogen and oxygen atoms in total. The summed E-state index contributed by atoms with van der Waals surface area (Å²) in [5.41, 5.74) is 28.6. The van der Waals surface area contributed by atoms with Crippen LogP contribution in [-0.2, 0) is 23.9 Å². The normalized spacial score (nSPS) is 9.05. The third-order valence-corrected chi connectivity index (χ3v) is 2.90. The van der Waals surface area contributed by atoms with Crippen LogP contribution in [0.15, 0.2) is 0 Å². The first-order chi connectivity index (χ1) is 17.0. The molecule has 0 spiro atoms. The highest BCUT2D eigenvalue weighted by Gasteiger charge is 2.07. The van der Waals surface area contributed by atoms with Crippen LogP contribution >= 0.6 is 23.5 Å². The summed E-state index contributed by atoms with van der Waals surface area (Å²) >= 11 is 1.87. The summed E-state index contributed by atoms with van der Waals surface area (Å²) in [7, 11) is 0. The molecular weight excluding hydrogens is 552 g/mol. The van der Waals surface area contributed by atoms with Gasteiger partial charge in [-0.1, -0.05) is 0 Å². The Bertz CT molecular complexity index is 566. The molecule has 0 fully saturated rings. The number of carbonyl (C=O) groups is 6. The van der Waals surface area contributed by atoms with Gasteiger partial charge in [-0.2, -0.15) is 0 Å². The Morgan fingerprint density at radius 2 is 1.19 bits per heavy atom. The van der Waals surface area contributed by atoms with Gasteiger partial charge in [0.1, 0.15) is 6.73 Å². The van der Waals surface area contributed by atoms with Crippen molar-refractivity contribution in [3.05, 3.63) is 0 Å². The van der Waals surface area contributed by atoms with E-state index in [1.807, 2.05) is 0 Å². The van der Waals surface area contributed by atoms with Gasteiger partial charge in [0.05, 0.1) is 24.6 Å². The second-order valence-electron chi connectivity index (χ2n) is 4.68. The monoisotopic (exact) mass is 588 g/mol. The molecule has 22 heteroatoms. The van der Waals surface area contributed by atoms with Crippen molar-refractivity contribution in [1.82, 2.24) is 0 Å². The Labute approximate surface area is 219 Å². The minimum Gasteiger partial charge on any atom is -0.481 e. The fourth-order valence-corrected chi connectivity index (χ4v) is 0.948. The number of aliphatic hydroxyl groups excluding tert-OH is 1. The fraction of sp³-hybridized carbons (Fsp3) is 0.600. The lowest BCUT2D eigenvalue weighted by Gasteiger charge is -1.96. The summed E-state index contributed by atoms with van der Waals surface area (Å²) in [6.45, 7) is -0.542. The van der Waals surface area contributed by atoms with E-state index in [2.05, 4.69) is 16.2 Å². The van der Waals surface area contributed by atoms with E-state index in [0.29, 0.717) is 17.6 Å². The Morgan fingerprint density at radius 1 is 0.730 bits per heavy atom. The first-order valence-electron chi connectivity index (χ1n) is 9.09. The van der Waals surface area contributed by atoms with Gasteiger partial charge in [-0.05, 0) is 11.8 Å². The molecule has 0 bridgehead atoms. The molecule has 19 N–H and O–H groups in total. The topological polar surface area (TPSA) is 409 Å². The van der Waals surface area contributed by atoms with Gasteiger partial charge in [-0.3, -0.25) is 20.1 Å². The average Bonchev–Trinajstić information content (AvgIpc) is 2.78. The Balaban J connectivity index is -0.0000000782. The molecule has 0 saturated carbocycles. The molecule has 1 unspecified atom stereocenters. The van der Waals surface area contributed by atoms with Crippen LogP contribution < -0.4 is 34.4 Å². The molecule has 0 rings (SSSR count). The molecule has 0 aromatic rings. The predicted octanol–water partition coefficient (Wildman–Crippen LogP) is -3.53. The van der Waals surface area contributed by atoms with Crippen molar-refractivity contribution >= 4 is 58.9 Å². The van der Waals surface area contributed by atoms with E-state index in [9.17, 15) is 28.8 Å². The van der Waals surface area contributed by atoms with Crippen molar-refractivity contribution in [2.24, 2.45) is 34.4 Å². The highest BCUT2D eigenvalue weighted by atomic mass is 32.2. The van der Waals surface area contributed by atoms with Crippen LogP contribution in [0.2, 0.25) is 0 Å². The van der Waals surface area contributed by atoms with E-state index < -0.39 is 41.4 Å².